The predicted molar refractivity (Wildman–Crippen MR) is 133 cm³/mol. The molecule has 4 aromatic rings. The fraction of sp³-hybridized carbons (Fsp3) is 0.370. The number of nitrogens with two attached hydrogens (primary N) is 1. The van der Waals surface area contributed by atoms with Crippen LogP contribution in [0.3, 0.4) is 0 Å². The van der Waals surface area contributed by atoms with E-state index in [0.29, 0.717) is 23.4 Å². The van der Waals surface area contributed by atoms with Gasteiger partial charge in [0.2, 0.25) is 5.95 Å². The minimum absolute atomic E-state index is 0.0762. The van der Waals surface area contributed by atoms with Gasteiger partial charge in [-0.15, -0.1) is 0 Å². The summed E-state index contributed by atoms with van der Waals surface area (Å²) in [6.07, 6.45) is 7.98. The Labute approximate surface area is 207 Å². The van der Waals surface area contributed by atoms with Gasteiger partial charge in [0.15, 0.2) is 0 Å². The third kappa shape index (κ3) is 4.12. The lowest BCUT2D eigenvalue weighted by atomic mass is 9.74. The number of aliphatic hydroxyl groups is 1. The Morgan fingerprint density at radius 1 is 1.06 bits per heavy atom. The molecule has 9 heteroatoms. The number of nitrogens with zero attached hydrogens (tertiary/aromatic N) is 4. The zero-order valence-electron chi connectivity index (χ0n) is 19.9. The summed E-state index contributed by atoms with van der Waals surface area (Å²) in [6.45, 7) is 2.01. The number of benzene rings is 1. The van der Waals surface area contributed by atoms with E-state index in [9.17, 15) is 13.9 Å². The highest BCUT2D eigenvalue weighted by atomic mass is 19.1. The van der Waals surface area contributed by atoms with Crippen LogP contribution in [0.1, 0.15) is 55.6 Å². The van der Waals surface area contributed by atoms with Gasteiger partial charge in [0.1, 0.15) is 11.6 Å². The number of anilines is 2. The van der Waals surface area contributed by atoms with Crippen molar-refractivity contribution >= 4 is 17.2 Å². The molecule has 1 aromatic carbocycles. The van der Waals surface area contributed by atoms with Gasteiger partial charge < -0.3 is 16.2 Å². The summed E-state index contributed by atoms with van der Waals surface area (Å²) in [5.41, 5.74) is 9.41. The first-order chi connectivity index (χ1) is 17.4. The second-order valence-corrected chi connectivity index (χ2v) is 10.2. The van der Waals surface area contributed by atoms with Gasteiger partial charge in [0, 0.05) is 12.2 Å². The SMILES string of the molecule is C[C@H]1C[C@@H](c2ccncc2Nc2ncc3ccc(-c4c(F)cc(C5CC5)cc4F)nn23)C[C@@H](N)[C@@H]1O. The molecule has 4 N–H and O–H groups in total. The number of rotatable bonds is 5. The van der Waals surface area contributed by atoms with E-state index < -0.39 is 17.7 Å². The average Bonchev–Trinajstić information content (AvgIpc) is 3.64. The molecule has 0 spiro atoms. The van der Waals surface area contributed by atoms with E-state index in [0.717, 1.165) is 30.5 Å². The van der Waals surface area contributed by atoms with E-state index in [2.05, 4.69) is 20.4 Å². The quantitative estimate of drug-likeness (QED) is 0.368. The number of nitrogens with one attached hydrogen (secondary N) is 1. The highest BCUT2D eigenvalue weighted by Gasteiger charge is 2.34. The van der Waals surface area contributed by atoms with Gasteiger partial charge in [-0.3, -0.25) is 4.98 Å². The number of aliphatic hydroxyl groups excluding tert-OH is 1. The smallest absolute Gasteiger partial charge is 0.229 e. The number of imidazole rings is 1. The van der Waals surface area contributed by atoms with Crippen LogP contribution in [0.4, 0.5) is 20.4 Å². The molecule has 2 fully saturated rings. The minimum Gasteiger partial charge on any atom is -0.391 e. The largest absolute Gasteiger partial charge is 0.391 e. The molecule has 7 nitrogen and oxygen atoms in total. The fourth-order valence-corrected chi connectivity index (χ4v) is 5.41. The Morgan fingerprint density at radius 3 is 2.56 bits per heavy atom. The van der Waals surface area contributed by atoms with Crippen molar-refractivity contribution in [1.29, 1.82) is 0 Å². The van der Waals surface area contributed by atoms with E-state index in [1.54, 1.807) is 35.2 Å². The van der Waals surface area contributed by atoms with Crippen LogP contribution in [-0.4, -0.2) is 36.8 Å². The van der Waals surface area contributed by atoms with E-state index in [1.165, 1.54) is 12.1 Å². The van der Waals surface area contributed by atoms with Crippen molar-refractivity contribution in [3.63, 3.8) is 0 Å². The standard InChI is InChI=1S/C27H28F2N6O/c1-14-8-17(11-22(30)26(14)36)19-6-7-31-13-24(19)33-27-32-12-18-4-5-23(34-35(18)27)25-20(28)9-16(10-21(25)29)15-2-3-15/h4-7,9-10,12-15,17,22,26,36H,2-3,8,11,30H2,1H3,(H,32,33)/t14-,17+,22+,26+/m0/s1. The van der Waals surface area contributed by atoms with Gasteiger partial charge in [0.05, 0.1) is 41.0 Å². The van der Waals surface area contributed by atoms with Crippen molar-refractivity contribution in [3.05, 3.63) is 71.7 Å². The maximum atomic E-state index is 15.0. The van der Waals surface area contributed by atoms with Crippen molar-refractivity contribution in [2.45, 2.75) is 56.6 Å². The Balaban J connectivity index is 1.34. The minimum atomic E-state index is -0.613. The molecule has 186 valence electrons. The van der Waals surface area contributed by atoms with Crippen LogP contribution in [0.15, 0.2) is 48.9 Å². The topological polar surface area (TPSA) is 101 Å². The lowest BCUT2D eigenvalue weighted by Crippen LogP contribution is -2.44. The van der Waals surface area contributed by atoms with Crippen LogP contribution in [0, 0.1) is 17.6 Å². The van der Waals surface area contributed by atoms with Gasteiger partial charge in [-0.1, -0.05) is 6.92 Å². The molecule has 0 saturated heterocycles. The number of hydrogen-bond acceptors (Lipinski definition) is 6. The van der Waals surface area contributed by atoms with Gasteiger partial charge >= 0.3 is 0 Å². The predicted octanol–water partition coefficient (Wildman–Crippen LogP) is 4.89. The normalized spacial score (nSPS) is 24.2. The second-order valence-electron chi connectivity index (χ2n) is 10.2. The van der Waals surface area contributed by atoms with Crippen molar-refractivity contribution in [1.82, 2.24) is 19.6 Å². The lowest BCUT2D eigenvalue weighted by Gasteiger charge is -2.36. The number of hydrogen-bond donors (Lipinski definition) is 3. The molecular formula is C27H28F2N6O. The van der Waals surface area contributed by atoms with E-state index in [4.69, 9.17) is 5.73 Å². The highest BCUT2D eigenvalue weighted by Crippen LogP contribution is 2.42. The van der Waals surface area contributed by atoms with Crippen LogP contribution >= 0.6 is 0 Å². The maximum Gasteiger partial charge on any atom is 0.229 e. The first-order valence-electron chi connectivity index (χ1n) is 12.4. The molecule has 0 bridgehead atoms. The zero-order valence-corrected chi connectivity index (χ0v) is 19.9. The summed E-state index contributed by atoms with van der Waals surface area (Å²) in [5.74, 6) is -0.346. The molecule has 2 saturated carbocycles. The molecule has 0 radical (unpaired) electrons. The molecule has 0 amide bonds. The number of fused-ring (bicyclic) bond motifs is 1. The molecule has 36 heavy (non-hydrogen) atoms. The molecule has 6 rings (SSSR count). The van der Waals surface area contributed by atoms with Crippen LogP contribution in [0.25, 0.3) is 16.8 Å². The fourth-order valence-electron chi connectivity index (χ4n) is 5.41. The van der Waals surface area contributed by atoms with Crippen LogP contribution in [-0.2, 0) is 0 Å². The zero-order chi connectivity index (χ0) is 25.0. The van der Waals surface area contributed by atoms with Gasteiger partial charge in [-0.05, 0) is 84.9 Å². The number of aromatic nitrogens is 4. The molecule has 3 aromatic heterocycles. The Hall–Kier alpha value is -3.43. The second kappa shape index (κ2) is 8.90. The first kappa shape index (κ1) is 23.0. The first-order valence-corrected chi connectivity index (χ1v) is 12.4. The molecule has 2 aliphatic carbocycles. The molecule has 2 aliphatic rings. The number of halogens is 2. The molecule has 4 atom stereocenters. The van der Waals surface area contributed by atoms with Gasteiger partial charge in [-0.2, -0.15) is 9.61 Å². The van der Waals surface area contributed by atoms with E-state index in [-0.39, 0.29) is 35.1 Å². The summed E-state index contributed by atoms with van der Waals surface area (Å²) in [7, 11) is 0. The van der Waals surface area contributed by atoms with E-state index >= 15 is 0 Å². The lowest BCUT2D eigenvalue weighted by molar-refractivity contribution is 0.0521. The van der Waals surface area contributed by atoms with Crippen LogP contribution in [0.5, 0.6) is 0 Å². The number of pyridine rings is 1. The summed E-state index contributed by atoms with van der Waals surface area (Å²) in [6, 6.07) is 7.83. The summed E-state index contributed by atoms with van der Waals surface area (Å²) in [4.78, 5) is 8.72. The van der Waals surface area contributed by atoms with E-state index in [1.807, 2.05) is 13.0 Å². The molecule has 3 heterocycles. The summed E-state index contributed by atoms with van der Waals surface area (Å²) >= 11 is 0. The Morgan fingerprint density at radius 2 is 1.83 bits per heavy atom. The monoisotopic (exact) mass is 490 g/mol. The van der Waals surface area contributed by atoms with Gasteiger partial charge in [0.25, 0.3) is 0 Å². The Bertz CT molecular complexity index is 1400. The average molecular weight is 491 g/mol. The Kier molecular flexibility index (Phi) is 5.69. The van der Waals surface area contributed by atoms with Crippen LogP contribution in [0.2, 0.25) is 0 Å². The third-order valence-corrected chi connectivity index (χ3v) is 7.53. The van der Waals surface area contributed by atoms with Gasteiger partial charge in [-0.25, -0.2) is 13.8 Å². The molecule has 0 aliphatic heterocycles. The maximum absolute atomic E-state index is 15.0. The van der Waals surface area contributed by atoms with Crippen molar-refractivity contribution in [2.24, 2.45) is 11.7 Å². The molecular weight excluding hydrogens is 462 g/mol. The van der Waals surface area contributed by atoms with Crippen LogP contribution < -0.4 is 11.1 Å². The summed E-state index contributed by atoms with van der Waals surface area (Å²) in [5, 5.41) is 18.1. The highest BCUT2D eigenvalue weighted by molar-refractivity contribution is 5.66. The van der Waals surface area contributed by atoms with Crippen molar-refractivity contribution < 1.29 is 13.9 Å². The van der Waals surface area contributed by atoms with Crippen molar-refractivity contribution in [3.8, 4) is 11.3 Å². The van der Waals surface area contributed by atoms with Crippen molar-refractivity contribution in [2.75, 3.05) is 5.32 Å². The summed E-state index contributed by atoms with van der Waals surface area (Å²) < 4.78 is 31.4. The molecule has 0 unspecified atom stereocenters. The third-order valence-electron chi connectivity index (χ3n) is 7.53.